The monoisotopic (exact) mass is 1060 g/mol. The average Bonchev–Trinajstić information content (AvgIpc) is 3.88. The van der Waals surface area contributed by atoms with Gasteiger partial charge in [0.05, 0.1) is 46.5 Å². The van der Waals surface area contributed by atoms with Crippen LogP contribution >= 0.6 is 23.2 Å². The molecule has 2 aromatic heterocycles. The summed E-state index contributed by atoms with van der Waals surface area (Å²) in [6.45, 7) is -0.259. The molecule has 6 amide bonds. The summed E-state index contributed by atoms with van der Waals surface area (Å²) >= 11 is 12.4. The molecule has 3 heterocycles. The van der Waals surface area contributed by atoms with E-state index >= 15 is 4.39 Å². The van der Waals surface area contributed by atoms with E-state index < -0.39 is 89.3 Å². The summed E-state index contributed by atoms with van der Waals surface area (Å²) in [5.74, 6) is -5.68. The Morgan fingerprint density at radius 2 is 1.37 bits per heavy atom. The Labute approximate surface area is 427 Å². The van der Waals surface area contributed by atoms with Gasteiger partial charge in [-0.25, -0.2) is 17.2 Å². The molecule has 24 heteroatoms. The Kier molecular flexibility index (Phi) is 15.2. The smallest absolute Gasteiger partial charge is 0.269 e. The number of sulfonamides is 1. The summed E-state index contributed by atoms with van der Waals surface area (Å²) in [7, 11) is -3.61. The number of nitrogens with zero attached hydrogens (tertiary/aromatic N) is 7. The summed E-state index contributed by atoms with van der Waals surface area (Å²) in [6, 6.07) is 17.9. The quantitative estimate of drug-likeness (QED) is 0.0841. The van der Waals surface area contributed by atoms with Gasteiger partial charge in [0.25, 0.3) is 11.8 Å². The van der Waals surface area contributed by atoms with Gasteiger partial charge in [-0.15, -0.1) is 0 Å². The predicted octanol–water partition coefficient (Wildman–Crippen LogP) is 4.35. The first-order valence-electron chi connectivity index (χ1n) is 23.2. The number of hydrogen-bond donors (Lipinski definition) is 4. The lowest BCUT2D eigenvalue weighted by Crippen LogP contribution is -2.63. The minimum atomic E-state index is -3.61. The second-order valence-electron chi connectivity index (χ2n) is 18.4. The summed E-state index contributed by atoms with van der Waals surface area (Å²) in [5, 5.41) is 14.2. The molecule has 1 aliphatic heterocycles. The van der Waals surface area contributed by atoms with Crippen LogP contribution in [0.25, 0.3) is 32.9 Å². The van der Waals surface area contributed by atoms with Crippen LogP contribution < -0.4 is 22.1 Å². The van der Waals surface area contributed by atoms with Crippen molar-refractivity contribution in [3.05, 3.63) is 117 Å². The number of carbonyl (C=O) groups excluding carboxylic acids is 6. The van der Waals surface area contributed by atoms with E-state index in [9.17, 15) is 41.6 Å². The number of nitrogens with two attached hydrogens (primary N) is 2. The Morgan fingerprint density at radius 3 is 2.03 bits per heavy atom. The molecule has 1 aliphatic carbocycles. The fraction of sp³-hybridized carbons (Fsp3) is 0.347. The fourth-order valence-electron chi connectivity index (χ4n) is 9.32. The van der Waals surface area contributed by atoms with Crippen LogP contribution in [0.4, 0.5) is 8.78 Å². The number of rotatable bonds is 20. The molecule has 0 radical (unpaired) electrons. The molecule has 19 nitrogen and oxygen atoms in total. The summed E-state index contributed by atoms with van der Waals surface area (Å²) in [4.78, 5) is 83.1. The number of hydrogen-bond acceptors (Lipinski definition) is 10. The maximum Gasteiger partial charge on any atom is 0.269 e. The van der Waals surface area contributed by atoms with Crippen LogP contribution in [0.1, 0.15) is 64.7 Å². The summed E-state index contributed by atoms with van der Waals surface area (Å²) in [6.07, 6.45) is 4.45. The Bertz CT molecular complexity index is 3320. The molecule has 4 aromatic carbocycles. The van der Waals surface area contributed by atoms with Crippen molar-refractivity contribution in [1.82, 2.24) is 44.3 Å². The zero-order valence-electron chi connectivity index (χ0n) is 39.7. The number of para-hydroxylation sites is 1. The van der Waals surface area contributed by atoms with E-state index in [1.807, 2.05) is 6.92 Å². The van der Waals surface area contributed by atoms with E-state index in [1.54, 1.807) is 48.5 Å². The first-order chi connectivity index (χ1) is 34.7. The maximum atomic E-state index is 15.9. The van der Waals surface area contributed by atoms with Gasteiger partial charge in [-0.3, -0.25) is 38.1 Å². The lowest BCUT2D eigenvalue weighted by molar-refractivity contribution is -0.141. The highest BCUT2D eigenvalue weighted by molar-refractivity contribution is 7.88. The minimum absolute atomic E-state index is 0.0644. The standard InChI is InChI=1S/C49H51Cl2F2N11O8S/c1-3-49(15-8-16-49)27-60(23-38(65)56-19-28-9-6-12-34(50)43(28)52)40(67)25-64-37-14-7-11-32(42(37)46(59-64)48(55)70)29-17-30(44(53)35(51)18-29)20-57-39(66)24-62(31-21-61(22-31)73(2,71)72)41(68)26-63-36-13-5-4-10-33(36)45(58-63)47(54)69/h4-7,9-14,17-18,31H,3,8,15-16,19-27H2,1-2H3,(H2,54,69)(H2,55,70)(H,56,65)(H,57,66). The number of benzene rings is 4. The molecule has 1 saturated heterocycles. The largest absolute Gasteiger partial charge is 0.364 e. The number of fused-ring (bicyclic) bond motifs is 2. The molecule has 6 N–H and O–H groups in total. The van der Waals surface area contributed by atoms with Crippen LogP contribution in [0, 0.1) is 17.0 Å². The first kappa shape index (κ1) is 52.3. The minimum Gasteiger partial charge on any atom is -0.364 e. The van der Waals surface area contributed by atoms with Gasteiger partial charge in [-0.05, 0) is 66.1 Å². The van der Waals surface area contributed by atoms with Gasteiger partial charge in [-0.2, -0.15) is 14.5 Å². The molecule has 73 heavy (non-hydrogen) atoms. The number of carbonyl (C=O) groups is 6. The third-order valence-electron chi connectivity index (χ3n) is 13.6. The molecule has 0 bridgehead atoms. The molecule has 0 atom stereocenters. The van der Waals surface area contributed by atoms with E-state index in [0.717, 1.165) is 36.2 Å². The van der Waals surface area contributed by atoms with Crippen molar-refractivity contribution in [2.24, 2.45) is 16.9 Å². The molecule has 384 valence electrons. The van der Waals surface area contributed by atoms with Crippen LogP contribution in [-0.2, 0) is 55.4 Å². The number of primary amides is 2. The number of aromatic nitrogens is 4. The zero-order valence-corrected chi connectivity index (χ0v) is 42.0. The molecule has 8 rings (SSSR count). The van der Waals surface area contributed by atoms with E-state index in [2.05, 4.69) is 20.8 Å². The molecule has 2 aliphatic rings. The molecule has 0 spiro atoms. The number of amides is 6. The van der Waals surface area contributed by atoms with Crippen LogP contribution in [-0.4, -0.2) is 123 Å². The highest BCUT2D eigenvalue weighted by Crippen LogP contribution is 2.44. The molecule has 1 saturated carbocycles. The van der Waals surface area contributed by atoms with E-state index in [1.165, 1.54) is 43.4 Å². The first-order valence-corrected chi connectivity index (χ1v) is 25.8. The second kappa shape index (κ2) is 21.2. The van der Waals surface area contributed by atoms with E-state index in [4.69, 9.17) is 34.7 Å². The fourth-order valence-corrected chi connectivity index (χ4v) is 10.6. The van der Waals surface area contributed by atoms with Crippen molar-refractivity contribution >= 4 is 90.5 Å². The third-order valence-corrected chi connectivity index (χ3v) is 15.4. The highest BCUT2D eigenvalue weighted by atomic mass is 35.5. The SMILES string of the molecule is CCC1(CN(CC(=O)NCc2cccc(Cl)c2F)C(=O)Cn2nc(C(N)=O)c3c(-c4cc(Cl)c(F)c(CNC(=O)CN(C(=O)Cn5nc(C(N)=O)c6ccccc65)C5CN(S(C)(=O)=O)C5)c4)cccc32)CCC1. The normalized spacial score (nSPS) is 14.6. The maximum absolute atomic E-state index is 15.9. The van der Waals surface area contributed by atoms with Crippen LogP contribution in [0.5, 0.6) is 0 Å². The predicted molar refractivity (Wildman–Crippen MR) is 267 cm³/mol. The molecular weight excluding hydrogens is 1010 g/mol. The molecule has 0 unspecified atom stereocenters. The molecule has 2 fully saturated rings. The summed E-state index contributed by atoms with van der Waals surface area (Å²) < 4.78 is 58.7. The van der Waals surface area contributed by atoms with Gasteiger partial charge in [-0.1, -0.05) is 79.0 Å². The van der Waals surface area contributed by atoms with E-state index in [0.29, 0.717) is 22.0 Å². The van der Waals surface area contributed by atoms with Crippen molar-refractivity contribution in [1.29, 1.82) is 0 Å². The lowest BCUT2D eigenvalue weighted by Gasteiger charge is -2.44. The van der Waals surface area contributed by atoms with Crippen molar-refractivity contribution in [3.63, 3.8) is 0 Å². The van der Waals surface area contributed by atoms with Gasteiger partial charge < -0.3 is 31.9 Å². The lowest BCUT2D eigenvalue weighted by atomic mass is 9.66. The molecule has 6 aromatic rings. The Morgan fingerprint density at radius 1 is 0.767 bits per heavy atom. The van der Waals surface area contributed by atoms with Crippen molar-refractivity contribution in [3.8, 4) is 11.1 Å². The highest BCUT2D eigenvalue weighted by Gasteiger charge is 2.41. The van der Waals surface area contributed by atoms with E-state index in [-0.39, 0.29) is 81.6 Å². The Hall–Kier alpha value is -7.01. The van der Waals surface area contributed by atoms with Gasteiger partial charge in [0, 0.05) is 54.6 Å². The Balaban J connectivity index is 1.02. The third kappa shape index (κ3) is 11.2. The van der Waals surface area contributed by atoms with Gasteiger partial charge in [0.2, 0.25) is 33.7 Å². The van der Waals surface area contributed by atoms with Crippen molar-refractivity contribution in [2.45, 2.75) is 64.8 Å². The van der Waals surface area contributed by atoms with Gasteiger partial charge in [0.15, 0.2) is 11.4 Å². The number of halogens is 4. The zero-order chi connectivity index (χ0) is 52.5. The topological polar surface area (TPSA) is 258 Å². The summed E-state index contributed by atoms with van der Waals surface area (Å²) in [5.41, 5.74) is 12.4. The van der Waals surface area contributed by atoms with Crippen molar-refractivity contribution in [2.75, 3.05) is 39.0 Å². The number of nitrogens with one attached hydrogen (secondary N) is 2. The second-order valence-corrected chi connectivity index (χ2v) is 21.2. The van der Waals surface area contributed by atoms with Gasteiger partial charge in [0.1, 0.15) is 24.7 Å². The molecular formula is C49H51Cl2F2N11O8S. The van der Waals surface area contributed by atoms with Crippen LogP contribution in [0.2, 0.25) is 10.0 Å². The van der Waals surface area contributed by atoms with Crippen LogP contribution in [0.15, 0.2) is 72.8 Å². The van der Waals surface area contributed by atoms with Crippen LogP contribution in [0.3, 0.4) is 0 Å². The van der Waals surface area contributed by atoms with Crippen molar-refractivity contribution < 1.29 is 46.0 Å². The average molecular weight is 1060 g/mol. The van der Waals surface area contributed by atoms with Gasteiger partial charge >= 0.3 is 0 Å².